The van der Waals surface area contributed by atoms with Crippen LogP contribution >= 0.6 is 0 Å². The molecular formula is C12H23N3O2. The lowest BCUT2D eigenvalue weighted by atomic mass is 9.80. The van der Waals surface area contributed by atoms with E-state index in [-0.39, 0.29) is 17.2 Å². The van der Waals surface area contributed by atoms with Gasteiger partial charge in [-0.05, 0) is 32.9 Å². The summed E-state index contributed by atoms with van der Waals surface area (Å²) in [6.45, 7) is 6.71. The van der Waals surface area contributed by atoms with E-state index >= 15 is 0 Å². The van der Waals surface area contributed by atoms with E-state index in [9.17, 15) is 9.59 Å². The molecule has 3 N–H and O–H groups in total. The predicted octanol–water partition coefficient (Wildman–Crippen LogP) is 0.0185. The van der Waals surface area contributed by atoms with E-state index in [1.807, 2.05) is 13.8 Å². The van der Waals surface area contributed by atoms with Gasteiger partial charge in [-0.2, -0.15) is 0 Å². The van der Waals surface area contributed by atoms with Crippen molar-refractivity contribution in [1.29, 1.82) is 0 Å². The van der Waals surface area contributed by atoms with Crippen LogP contribution in [-0.4, -0.2) is 38.0 Å². The molecule has 0 saturated carbocycles. The Labute approximate surface area is 103 Å². The molecule has 1 saturated heterocycles. The van der Waals surface area contributed by atoms with Crippen molar-refractivity contribution in [2.45, 2.75) is 33.1 Å². The van der Waals surface area contributed by atoms with Crippen LogP contribution in [0, 0.1) is 5.41 Å². The van der Waals surface area contributed by atoms with E-state index in [0.717, 1.165) is 25.9 Å². The summed E-state index contributed by atoms with van der Waals surface area (Å²) >= 11 is 0. The fraction of sp³-hybridized carbons (Fsp3) is 0.833. The standard InChI is InChI=1S/C12H23N3O2/c1-3-14-10(16)4-7-15-11(17)12(2)5-8-13-9-6-12/h13H,3-9H2,1-2H3,(H,14,16)(H,15,17). The Morgan fingerprint density at radius 1 is 1.24 bits per heavy atom. The maximum atomic E-state index is 12.0. The van der Waals surface area contributed by atoms with E-state index in [2.05, 4.69) is 16.0 Å². The second-order valence-electron chi connectivity index (χ2n) is 4.77. The topological polar surface area (TPSA) is 70.2 Å². The van der Waals surface area contributed by atoms with E-state index in [1.165, 1.54) is 0 Å². The molecule has 0 bridgehead atoms. The zero-order valence-electron chi connectivity index (χ0n) is 10.8. The van der Waals surface area contributed by atoms with Crippen LogP contribution in [0.25, 0.3) is 0 Å². The summed E-state index contributed by atoms with van der Waals surface area (Å²) in [5, 5.41) is 8.80. The minimum absolute atomic E-state index is 0.0109. The molecule has 5 nitrogen and oxygen atoms in total. The number of carbonyl (C=O) groups is 2. The van der Waals surface area contributed by atoms with Crippen molar-refractivity contribution in [3.63, 3.8) is 0 Å². The highest BCUT2D eigenvalue weighted by Gasteiger charge is 2.34. The van der Waals surface area contributed by atoms with E-state index in [0.29, 0.717) is 19.5 Å². The molecule has 1 aliphatic rings. The van der Waals surface area contributed by atoms with Crippen molar-refractivity contribution in [3.05, 3.63) is 0 Å². The van der Waals surface area contributed by atoms with Gasteiger partial charge in [-0.1, -0.05) is 6.92 Å². The number of amides is 2. The second-order valence-corrected chi connectivity index (χ2v) is 4.77. The number of nitrogens with one attached hydrogen (secondary N) is 3. The molecular weight excluding hydrogens is 218 g/mol. The summed E-state index contributed by atoms with van der Waals surface area (Å²) in [7, 11) is 0. The van der Waals surface area contributed by atoms with E-state index in [4.69, 9.17) is 0 Å². The van der Waals surface area contributed by atoms with E-state index in [1.54, 1.807) is 0 Å². The Morgan fingerprint density at radius 3 is 2.47 bits per heavy atom. The van der Waals surface area contributed by atoms with Crippen LogP contribution in [0.4, 0.5) is 0 Å². The average Bonchev–Trinajstić information content (AvgIpc) is 2.30. The minimum Gasteiger partial charge on any atom is -0.356 e. The van der Waals surface area contributed by atoms with Crippen LogP contribution < -0.4 is 16.0 Å². The third-order valence-corrected chi connectivity index (χ3v) is 3.27. The molecule has 1 aliphatic heterocycles. The maximum absolute atomic E-state index is 12.0. The van der Waals surface area contributed by atoms with Gasteiger partial charge in [0.1, 0.15) is 0 Å². The van der Waals surface area contributed by atoms with Gasteiger partial charge in [-0.15, -0.1) is 0 Å². The molecule has 0 aromatic rings. The average molecular weight is 241 g/mol. The van der Waals surface area contributed by atoms with Crippen LogP contribution in [0.2, 0.25) is 0 Å². The van der Waals surface area contributed by atoms with Crippen molar-refractivity contribution in [3.8, 4) is 0 Å². The normalized spacial score (nSPS) is 18.5. The van der Waals surface area contributed by atoms with Crippen LogP contribution in [0.1, 0.15) is 33.1 Å². The molecule has 98 valence electrons. The number of hydrogen-bond donors (Lipinski definition) is 3. The summed E-state index contributed by atoms with van der Waals surface area (Å²) in [6.07, 6.45) is 2.08. The molecule has 0 radical (unpaired) electrons. The van der Waals surface area contributed by atoms with Gasteiger partial charge in [-0.25, -0.2) is 0 Å². The molecule has 17 heavy (non-hydrogen) atoms. The Balaban J connectivity index is 2.26. The van der Waals surface area contributed by atoms with Gasteiger partial charge in [0.05, 0.1) is 0 Å². The largest absolute Gasteiger partial charge is 0.356 e. The first-order chi connectivity index (χ1) is 8.08. The highest BCUT2D eigenvalue weighted by molar-refractivity contribution is 5.83. The van der Waals surface area contributed by atoms with E-state index < -0.39 is 0 Å². The van der Waals surface area contributed by atoms with Crippen LogP contribution in [0.15, 0.2) is 0 Å². The fourth-order valence-electron chi connectivity index (χ4n) is 1.99. The third kappa shape index (κ3) is 4.34. The van der Waals surface area contributed by atoms with Crippen molar-refractivity contribution in [1.82, 2.24) is 16.0 Å². The molecule has 1 fully saturated rings. The summed E-state index contributed by atoms with van der Waals surface area (Å²) in [5.74, 6) is 0.0616. The van der Waals surface area contributed by atoms with Gasteiger partial charge in [0.15, 0.2) is 0 Å². The molecule has 0 aromatic heterocycles. The van der Waals surface area contributed by atoms with Crippen molar-refractivity contribution >= 4 is 11.8 Å². The predicted molar refractivity (Wildman–Crippen MR) is 66.5 cm³/mol. The fourth-order valence-corrected chi connectivity index (χ4v) is 1.99. The number of piperidine rings is 1. The van der Waals surface area contributed by atoms with Crippen LogP contribution in [0.5, 0.6) is 0 Å². The summed E-state index contributed by atoms with van der Waals surface area (Å²) in [4.78, 5) is 23.2. The summed E-state index contributed by atoms with van der Waals surface area (Å²) < 4.78 is 0. The lowest BCUT2D eigenvalue weighted by Gasteiger charge is -2.32. The molecule has 1 rings (SSSR count). The first-order valence-electron chi connectivity index (χ1n) is 6.34. The van der Waals surface area contributed by atoms with Crippen LogP contribution in [0.3, 0.4) is 0 Å². The lowest BCUT2D eigenvalue weighted by molar-refractivity contribution is -0.131. The Bertz CT molecular complexity index is 273. The first kappa shape index (κ1) is 14.0. The first-order valence-corrected chi connectivity index (χ1v) is 6.34. The number of rotatable bonds is 5. The second kappa shape index (κ2) is 6.59. The minimum atomic E-state index is -0.271. The Morgan fingerprint density at radius 2 is 1.88 bits per heavy atom. The smallest absolute Gasteiger partial charge is 0.226 e. The monoisotopic (exact) mass is 241 g/mol. The molecule has 5 heteroatoms. The van der Waals surface area contributed by atoms with Gasteiger partial charge < -0.3 is 16.0 Å². The summed E-state index contributed by atoms with van der Waals surface area (Å²) in [5.41, 5.74) is -0.271. The van der Waals surface area contributed by atoms with Gasteiger partial charge >= 0.3 is 0 Å². The zero-order valence-corrected chi connectivity index (χ0v) is 10.8. The third-order valence-electron chi connectivity index (χ3n) is 3.27. The molecule has 0 unspecified atom stereocenters. The van der Waals surface area contributed by atoms with Gasteiger partial charge in [-0.3, -0.25) is 9.59 Å². The molecule has 0 aromatic carbocycles. The number of carbonyl (C=O) groups excluding carboxylic acids is 2. The molecule has 0 atom stereocenters. The molecule has 2 amide bonds. The van der Waals surface area contributed by atoms with Crippen molar-refractivity contribution in [2.24, 2.45) is 5.41 Å². The molecule has 0 spiro atoms. The van der Waals surface area contributed by atoms with Gasteiger partial charge in [0, 0.05) is 24.9 Å². The van der Waals surface area contributed by atoms with Gasteiger partial charge in [0.2, 0.25) is 11.8 Å². The van der Waals surface area contributed by atoms with Crippen LogP contribution in [-0.2, 0) is 9.59 Å². The zero-order chi connectivity index (χ0) is 12.7. The van der Waals surface area contributed by atoms with Gasteiger partial charge in [0.25, 0.3) is 0 Å². The highest BCUT2D eigenvalue weighted by atomic mass is 16.2. The Kier molecular flexibility index (Phi) is 5.41. The lowest BCUT2D eigenvalue weighted by Crippen LogP contribution is -2.46. The maximum Gasteiger partial charge on any atom is 0.226 e. The number of hydrogen-bond acceptors (Lipinski definition) is 3. The van der Waals surface area contributed by atoms with Crippen molar-refractivity contribution < 1.29 is 9.59 Å². The quantitative estimate of drug-likeness (QED) is 0.635. The van der Waals surface area contributed by atoms with Crippen molar-refractivity contribution in [2.75, 3.05) is 26.2 Å². The Hall–Kier alpha value is -1.10. The summed E-state index contributed by atoms with van der Waals surface area (Å²) in [6, 6.07) is 0. The highest BCUT2D eigenvalue weighted by Crippen LogP contribution is 2.27. The SMILES string of the molecule is CCNC(=O)CCNC(=O)C1(C)CCNCC1. The molecule has 1 heterocycles. The molecule has 0 aliphatic carbocycles.